The molecule has 1 aliphatic rings. The van der Waals surface area contributed by atoms with E-state index < -0.39 is 48.8 Å². The predicted octanol–water partition coefficient (Wildman–Crippen LogP) is 7.16. The molecule has 1 saturated heterocycles. The molecule has 4 rings (SSSR count). The summed E-state index contributed by atoms with van der Waals surface area (Å²) >= 11 is 0. The van der Waals surface area contributed by atoms with Crippen LogP contribution < -0.4 is 19.7 Å². The maximum absolute atomic E-state index is 14.7. The van der Waals surface area contributed by atoms with Gasteiger partial charge in [0.25, 0.3) is 0 Å². The van der Waals surface area contributed by atoms with E-state index in [1.54, 1.807) is 48.5 Å². The van der Waals surface area contributed by atoms with Crippen molar-refractivity contribution in [3.8, 4) is 11.5 Å². The van der Waals surface area contributed by atoms with Crippen molar-refractivity contribution in [1.82, 2.24) is 15.5 Å². The molecule has 0 saturated carbocycles. The minimum absolute atomic E-state index is 0.0552. The molecule has 4 atom stereocenters. The molecule has 3 aromatic carbocycles. The van der Waals surface area contributed by atoms with Crippen LogP contribution in [0, 0.1) is 11.3 Å². The molecule has 10 nitrogen and oxygen atoms in total. The number of amides is 3. The molecular weight excluding hydrogens is 617 g/mol. The Kier molecular flexibility index (Phi) is 12.1. The maximum atomic E-state index is 14.7. The van der Waals surface area contributed by atoms with E-state index in [0.717, 1.165) is 5.56 Å². The van der Waals surface area contributed by atoms with Crippen LogP contribution in [0.15, 0.2) is 91.0 Å². The number of hydrogen-bond donors (Lipinski definition) is 2. The van der Waals surface area contributed by atoms with Crippen LogP contribution >= 0.6 is 7.60 Å². The summed E-state index contributed by atoms with van der Waals surface area (Å²) in [5, 5.41) is 5.72. The molecule has 0 radical (unpaired) electrons. The first-order chi connectivity index (χ1) is 22.4. The van der Waals surface area contributed by atoms with Gasteiger partial charge in [-0.25, -0.2) is 9.36 Å². The second-order valence-corrected chi connectivity index (χ2v) is 14.9. The molecule has 3 amide bonds. The minimum atomic E-state index is -4.09. The van der Waals surface area contributed by atoms with Crippen LogP contribution in [0.1, 0.15) is 59.4 Å². The van der Waals surface area contributed by atoms with E-state index in [2.05, 4.69) is 10.6 Å². The molecule has 11 heteroatoms. The largest absolute Gasteiger partial charge is 0.453 e. The van der Waals surface area contributed by atoms with Gasteiger partial charge in [0.05, 0.1) is 0 Å². The van der Waals surface area contributed by atoms with E-state index in [-0.39, 0.29) is 12.5 Å². The molecule has 0 spiro atoms. The summed E-state index contributed by atoms with van der Waals surface area (Å²) in [7, 11) is -4.09. The fourth-order valence-corrected chi connectivity index (χ4v) is 7.60. The highest BCUT2D eigenvalue weighted by Gasteiger charge is 2.47. The minimum Gasteiger partial charge on any atom is -0.445 e. The number of alkyl carbamates (subject to hydrolysis) is 1. The maximum Gasteiger partial charge on any atom is 0.453 e. The number of carbonyl (C=O) groups is 3. The summed E-state index contributed by atoms with van der Waals surface area (Å²) < 4.78 is 32.3. The number of nitrogens with one attached hydrogen (secondary N) is 2. The fraction of sp³-hybridized carbons (Fsp3) is 0.417. The van der Waals surface area contributed by atoms with Crippen molar-refractivity contribution < 1.29 is 32.7 Å². The van der Waals surface area contributed by atoms with Crippen LogP contribution in [0.5, 0.6) is 11.5 Å². The molecule has 0 aromatic heterocycles. The van der Waals surface area contributed by atoms with Crippen molar-refractivity contribution in [2.75, 3.05) is 6.54 Å². The van der Waals surface area contributed by atoms with Crippen LogP contribution in [0.25, 0.3) is 0 Å². The third kappa shape index (κ3) is 9.61. The summed E-state index contributed by atoms with van der Waals surface area (Å²) in [6.45, 7) is 9.72. The van der Waals surface area contributed by atoms with Gasteiger partial charge in [-0.2, -0.15) is 0 Å². The van der Waals surface area contributed by atoms with Gasteiger partial charge in [-0.05, 0) is 54.0 Å². The number of carbonyl (C=O) groups excluding carboxylic acids is 3. The number of para-hydroxylation sites is 2. The molecule has 47 heavy (non-hydrogen) atoms. The number of ether oxygens (including phenoxy) is 1. The van der Waals surface area contributed by atoms with Crippen molar-refractivity contribution in [2.24, 2.45) is 11.3 Å². The molecule has 0 aliphatic carbocycles. The Morgan fingerprint density at radius 3 is 1.91 bits per heavy atom. The lowest BCUT2D eigenvalue weighted by atomic mass is 9.85. The normalized spacial score (nSPS) is 16.8. The number of nitrogens with zero attached hydrogens (tertiary/aromatic N) is 1. The van der Waals surface area contributed by atoms with E-state index >= 15 is 0 Å². The molecule has 3 aromatic rings. The zero-order valence-corrected chi connectivity index (χ0v) is 28.7. The topological polar surface area (TPSA) is 123 Å². The fourth-order valence-electron chi connectivity index (χ4n) is 5.39. The van der Waals surface area contributed by atoms with Crippen molar-refractivity contribution in [2.45, 2.75) is 78.4 Å². The van der Waals surface area contributed by atoms with E-state index in [1.165, 1.54) is 4.90 Å². The highest BCUT2D eigenvalue weighted by atomic mass is 31.2. The van der Waals surface area contributed by atoms with Gasteiger partial charge in [-0.3, -0.25) is 9.59 Å². The first-order valence-corrected chi connectivity index (χ1v) is 17.7. The summed E-state index contributed by atoms with van der Waals surface area (Å²) in [6, 6.07) is 24.9. The Bertz CT molecular complexity index is 1470. The van der Waals surface area contributed by atoms with Crippen LogP contribution in [-0.4, -0.2) is 47.2 Å². The highest BCUT2D eigenvalue weighted by Crippen LogP contribution is 2.54. The predicted molar refractivity (Wildman–Crippen MR) is 181 cm³/mol. The summed E-state index contributed by atoms with van der Waals surface area (Å²) in [5.74, 6) is -1.52. The molecule has 0 bridgehead atoms. The molecule has 2 N–H and O–H groups in total. The van der Waals surface area contributed by atoms with Gasteiger partial charge in [0.2, 0.25) is 11.8 Å². The number of rotatable bonds is 13. The lowest BCUT2D eigenvalue weighted by Crippen LogP contribution is -2.58. The second-order valence-electron chi connectivity index (χ2n) is 12.9. The lowest BCUT2D eigenvalue weighted by Gasteiger charge is -2.36. The van der Waals surface area contributed by atoms with E-state index in [9.17, 15) is 18.9 Å². The average Bonchev–Trinajstić information content (AvgIpc) is 3.56. The summed E-state index contributed by atoms with van der Waals surface area (Å²) in [4.78, 5) is 42.4. The van der Waals surface area contributed by atoms with Gasteiger partial charge in [0.15, 0.2) is 5.78 Å². The molecule has 1 fully saturated rings. The van der Waals surface area contributed by atoms with Crippen LogP contribution in [0.2, 0.25) is 0 Å². The van der Waals surface area contributed by atoms with E-state index in [4.69, 9.17) is 13.8 Å². The van der Waals surface area contributed by atoms with Crippen molar-refractivity contribution >= 4 is 25.5 Å². The standard InChI is InChI=1S/C36H46N3O7P/c1-6-26(2)33(47(43,45-28-19-12-8-13-20-28)46-29-21-14-9-15-22-29)38-32(40)30-23-16-24-39(30)34(41)31(36(3,4)5)37-35(42)44-25-27-17-10-7-11-18-27/h7-15,17-22,26,30-31,33H,6,16,23-25H2,1-5H3,(H,37,42)(H,38,40)/t26?,30-,31+,33?/m0/s1. The Hall–Kier alpha value is -4.30. The molecular formula is C36H46N3O7P. The monoisotopic (exact) mass is 663 g/mol. The third-order valence-corrected chi connectivity index (χ3v) is 10.4. The van der Waals surface area contributed by atoms with Gasteiger partial charge in [-0.15, -0.1) is 0 Å². The van der Waals surface area contributed by atoms with Crippen molar-refractivity contribution in [3.05, 3.63) is 96.6 Å². The van der Waals surface area contributed by atoms with Crippen LogP contribution in [0.3, 0.4) is 0 Å². The summed E-state index contributed by atoms with van der Waals surface area (Å²) in [5.41, 5.74) is 0.132. The Morgan fingerprint density at radius 2 is 1.40 bits per heavy atom. The van der Waals surface area contributed by atoms with Gasteiger partial charge in [-0.1, -0.05) is 108 Å². The Morgan fingerprint density at radius 1 is 0.872 bits per heavy atom. The SMILES string of the molecule is CCC(C)C(NC(=O)[C@@H]1CCCN1C(=O)[C@@H](NC(=O)OCc1ccccc1)C(C)(C)C)P(=O)(Oc1ccccc1)Oc1ccccc1. The second kappa shape index (κ2) is 16.0. The van der Waals surface area contributed by atoms with Crippen molar-refractivity contribution in [3.63, 3.8) is 0 Å². The summed E-state index contributed by atoms with van der Waals surface area (Å²) in [6.07, 6.45) is 0.839. The number of benzene rings is 3. The van der Waals surface area contributed by atoms with Gasteiger partial charge in [0.1, 0.15) is 30.2 Å². The van der Waals surface area contributed by atoms with Gasteiger partial charge in [0, 0.05) is 6.54 Å². The average molecular weight is 664 g/mol. The molecule has 1 heterocycles. The first-order valence-electron chi connectivity index (χ1n) is 16.1. The zero-order valence-electron chi connectivity index (χ0n) is 27.8. The highest BCUT2D eigenvalue weighted by molar-refractivity contribution is 7.55. The zero-order chi connectivity index (χ0) is 34.0. The van der Waals surface area contributed by atoms with E-state index in [1.807, 2.05) is 77.1 Å². The van der Waals surface area contributed by atoms with E-state index in [0.29, 0.717) is 37.3 Å². The third-order valence-electron chi connectivity index (χ3n) is 8.19. The van der Waals surface area contributed by atoms with Crippen LogP contribution in [-0.2, 0) is 25.5 Å². The first kappa shape index (κ1) is 35.6. The molecule has 1 aliphatic heterocycles. The van der Waals surface area contributed by atoms with Gasteiger partial charge < -0.3 is 29.3 Å². The molecule has 2 unspecified atom stereocenters. The molecule has 252 valence electrons. The smallest absolute Gasteiger partial charge is 0.445 e. The van der Waals surface area contributed by atoms with Crippen molar-refractivity contribution in [1.29, 1.82) is 0 Å². The Balaban J connectivity index is 1.54. The number of likely N-dealkylation sites (tertiary alicyclic amines) is 1. The van der Waals surface area contributed by atoms with Gasteiger partial charge >= 0.3 is 13.7 Å². The quantitative estimate of drug-likeness (QED) is 0.186. The lowest BCUT2D eigenvalue weighted by molar-refractivity contribution is -0.142. The Labute approximate surface area is 277 Å². The van der Waals surface area contributed by atoms with Crippen LogP contribution in [0.4, 0.5) is 4.79 Å². The number of hydrogen-bond acceptors (Lipinski definition) is 7.